The third-order valence-corrected chi connectivity index (χ3v) is 2.67. The summed E-state index contributed by atoms with van der Waals surface area (Å²) in [7, 11) is 2.16. The van der Waals surface area contributed by atoms with E-state index in [0.717, 1.165) is 6.54 Å². The van der Waals surface area contributed by atoms with Crippen molar-refractivity contribution in [2.75, 3.05) is 25.9 Å². The zero-order chi connectivity index (χ0) is 9.26. The van der Waals surface area contributed by atoms with E-state index in [9.17, 15) is 0 Å². The number of hydrogen-bond acceptors (Lipinski definition) is 3. The van der Waals surface area contributed by atoms with Gasteiger partial charge in [0.1, 0.15) is 5.82 Å². The van der Waals surface area contributed by atoms with Gasteiger partial charge >= 0.3 is 0 Å². The fourth-order valence-electron chi connectivity index (χ4n) is 1.87. The number of anilines is 1. The maximum atomic E-state index is 5.53. The highest BCUT2D eigenvalue weighted by molar-refractivity contribution is 5.31. The van der Waals surface area contributed by atoms with Crippen LogP contribution in [0.5, 0.6) is 0 Å². The van der Waals surface area contributed by atoms with Crippen molar-refractivity contribution in [3.8, 4) is 0 Å². The molecule has 3 heteroatoms. The van der Waals surface area contributed by atoms with Gasteiger partial charge in [0, 0.05) is 12.7 Å². The Labute approximate surface area is 78.6 Å². The van der Waals surface area contributed by atoms with E-state index in [-0.39, 0.29) is 0 Å². The zero-order valence-electron chi connectivity index (χ0n) is 7.90. The predicted molar refractivity (Wildman–Crippen MR) is 53.5 cm³/mol. The predicted octanol–water partition coefficient (Wildman–Crippen LogP) is 1.08. The maximum Gasteiger partial charge on any atom is 0.123 e. The molecule has 0 unspecified atom stereocenters. The van der Waals surface area contributed by atoms with Crippen molar-refractivity contribution >= 4 is 5.82 Å². The smallest absolute Gasteiger partial charge is 0.123 e. The summed E-state index contributed by atoms with van der Waals surface area (Å²) in [5, 5.41) is 0. The minimum atomic E-state index is 0.607. The second-order valence-electron chi connectivity index (χ2n) is 3.76. The Morgan fingerprint density at radius 2 is 2.38 bits per heavy atom. The number of likely N-dealkylation sites (N-methyl/N-ethyl adjacent to an activating group) is 1. The molecule has 2 N–H and O–H groups in total. The summed E-state index contributed by atoms with van der Waals surface area (Å²) in [6.07, 6.45) is 3.14. The summed E-state index contributed by atoms with van der Waals surface area (Å²) in [5.41, 5.74) is 6.85. The number of hydrogen-bond donors (Lipinski definition) is 1. The SMILES string of the molecule is CN1CC[C@@H](c2ccc(N)nc2)C1. The standard InChI is InChI=1S/C10H15N3/c1-13-5-4-9(7-13)8-2-3-10(11)12-6-8/h2-3,6,9H,4-5,7H2,1H3,(H2,11,12)/t9-/m1/s1. The summed E-state index contributed by atoms with van der Waals surface area (Å²) < 4.78 is 0. The van der Waals surface area contributed by atoms with Crippen LogP contribution >= 0.6 is 0 Å². The average molecular weight is 177 g/mol. The summed E-state index contributed by atoms with van der Waals surface area (Å²) in [6.45, 7) is 2.33. The van der Waals surface area contributed by atoms with E-state index in [1.807, 2.05) is 12.3 Å². The lowest BCUT2D eigenvalue weighted by Crippen LogP contribution is -2.13. The highest BCUT2D eigenvalue weighted by Gasteiger charge is 2.20. The van der Waals surface area contributed by atoms with Gasteiger partial charge in [-0.1, -0.05) is 6.07 Å². The number of aromatic nitrogens is 1. The molecule has 2 rings (SSSR count). The number of rotatable bonds is 1. The van der Waals surface area contributed by atoms with E-state index < -0.39 is 0 Å². The molecule has 1 fully saturated rings. The van der Waals surface area contributed by atoms with E-state index in [0.29, 0.717) is 11.7 Å². The average Bonchev–Trinajstić information content (AvgIpc) is 2.53. The number of nitrogens with zero attached hydrogens (tertiary/aromatic N) is 2. The molecule has 0 bridgehead atoms. The van der Waals surface area contributed by atoms with Crippen molar-refractivity contribution < 1.29 is 0 Å². The Kier molecular flexibility index (Phi) is 2.19. The summed E-state index contributed by atoms with van der Waals surface area (Å²) in [6, 6.07) is 3.97. The van der Waals surface area contributed by atoms with E-state index in [1.54, 1.807) is 0 Å². The molecule has 0 radical (unpaired) electrons. The lowest BCUT2D eigenvalue weighted by molar-refractivity contribution is 0.411. The number of nitrogen functional groups attached to an aromatic ring is 1. The van der Waals surface area contributed by atoms with E-state index in [4.69, 9.17) is 5.73 Å². The van der Waals surface area contributed by atoms with Crippen LogP contribution in [-0.4, -0.2) is 30.0 Å². The molecule has 1 aromatic heterocycles. The molecule has 0 aromatic carbocycles. The molecule has 1 atom stereocenters. The van der Waals surface area contributed by atoms with E-state index in [1.165, 1.54) is 18.5 Å². The number of pyridine rings is 1. The Balaban J connectivity index is 2.13. The lowest BCUT2D eigenvalue weighted by Gasteiger charge is -2.09. The molecule has 0 spiro atoms. The van der Waals surface area contributed by atoms with Crippen molar-refractivity contribution in [1.29, 1.82) is 0 Å². The third kappa shape index (κ3) is 1.80. The van der Waals surface area contributed by atoms with Gasteiger partial charge in [-0.15, -0.1) is 0 Å². The fraction of sp³-hybridized carbons (Fsp3) is 0.500. The van der Waals surface area contributed by atoms with Crippen LogP contribution in [0.4, 0.5) is 5.82 Å². The Bertz CT molecular complexity index is 281. The van der Waals surface area contributed by atoms with Gasteiger partial charge in [-0.05, 0) is 37.6 Å². The summed E-state index contributed by atoms with van der Waals surface area (Å²) in [5.74, 6) is 1.26. The fourth-order valence-corrected chi connectivity index (χ4v) is 1.87. The quantitative estimate of drug-likeness (QED) is 0.698. The van der Waals surface area contributed by atoms with Gasteiger partial charge in [0.25, 0.3) is 0 Å². The molecule has 1 aliphatic heterocycles. The van der Waals surface area contributed by atoms with Crippen molar-refractivity contribution in [2.24, 2.45) is 0 Å². The molecular formula is C10H15N3. The first-order chi connectivity index (χ1) is 6.25. The van der Waals surface area contributed by atoms with Gasteiger partial charge in [-0.25, -0.2) is 4.98 Å². The highest BCUT2D eigenvalue weighted by atomic mass is 15.1. The summed E-state index contributed by atoms with van der Waals surface area (Å²) in [4.78, 5) is 6.46. The number of nitrogens with two attached hydrogens (primary N) is 1. The van der Waals surface area contributed by atoms with Gasteiger partial charge in [-0.2, -0.15) is 0 Å². The number of likely N-dealkylation sites (tertiary alicyclic amines) is 1. The van der Waals surface area contributed by atoms with Crippen molar-refractivity contribution in [3.63, 3.8) is 0 Å². The van der Waals surface area contributed by atoms with Crippen molar-refractivity contribution in [1.82, 2.24) is 9.88 Å². The monoisotopic (exact) mass is 177 g/mol. The molecule has 3 nitrogen and oxygen atoms in total. The topological polar surface area (TPSA) is 42.1 Å². The molecule has 2 heterocycles. The first kappa shape index (κ1) is 8.51. The van der Waals surface area contributed by atoms with Crippen LogP contribution in [0.3, 0.4) is 0 Å². The molecule has 0 aliphatic carbocycles. The van der Waals surface area contributed by atoms with Crippen LogP contribution < -0.4 is 5.73 Å². The van der Waals surface area contributed by atoms with Gasteiger partial charge in [0.05, 0.1) is 0 Å². The van der Waals surface area contributed by atoms with Gasteiger partial charge in [0.2, 0.25) is 0 Å². The van der Waals surface area contributed by atoms with E-state index >= 15 is 0 Å². The minimum absolute atomic E-state index is 0.607. The van der Waals surface area contributed by atoms with Crippen LogP contribution in [0.2, 0.25) is 0 Å². The first-order valence-corrected chi connectivity index (χ1v) is 4.65. The Hall–Kier alpha value is -1.09. The van der Waals surface area contributed by atoms with Crippen molar-refractivity contribution in [2.45, 2.75) is 12.3 Å². The molecule has 0 saturated carbocycles. The summed E-state index contributed by atoms with van der Waals surface area (Å²) >= 11 is 0. The zero-order valence-corrected chi connectivity index (χ0v) is 7.90. The van der Waals surface area contributed by atoms with Crippen LogP contribution in [0, 0.1) is 0 Å². The molecule has 1 aromatic rings. The third-order valence-electron chi connectivity index (χ3n) is 2.67. The Morgan fingerprint density at radius 3 is 2.92 bits per heavy atom. The van der Waals surface area contributed by atoms with Crippen molar-refractivity contribution in [3.05, 3.63) is 23.9 Å². The Morgan fingerprint density at radius 1 is 1.54 bits per heavy atom. The van der Waals surface area contributed by atoms with Crippen LogP contribution in [0.25, 0.3) is 0 Å². The maximum absolute atomic E-state index is 5.53. The minimum Gasteiger partial charge on any atom is -0.384 e. The van der Waals surface area contributed by atoms with Crippen LogP contribution in [0.1, 0.15) is 17.9 Å². The molecule has 0 amide bonds. The molecule has 70 valence electrons. The normalized spacial score (nSPS) is 23.6. The first-order valence-electron chi connectivity index (χ1n) is 4.65. The molecular weight excluding hydrogens is 162 g/mol. The largest absolute Gasteiger partial charge is 0.384 e. The lowest BCUT2D eigenvalue weighted by atomic mass is 10.0. The van der Waals surface area contributed by atoms with Crippen LogP contribution in [0.15, 0.2) is 18.3 Å². The molecule has 1 saturated heterocycles. The highest BCUT2D eigenvalue weighted by Crippen LogP contribution is 2.25. The second-order valence-corrected chi connectivity index (χ2v) is 3.76. The van der Waals surface area contributed by atoms with Gasteiger partial charge in [0.15, 0.2) is 0 Å². The van der Waals surface area contributed by atoms with Crippen LogP contribution in [-0.2, 0) is 0 Å². The molecule has 1 aliphatic rings. The van der Waals surface area contributed by atoms with E-state index in [2.05, 4.69) is 23.0 Å². The molecule has 13 heavy (non-hydrogen) atoms. The second kappa shape index (κ2) is 3.34. The van der Waals surface area contributed by atoms with Gasteiger partial charge < -0.3 is 10.6 Å². The van der Waals surface area contributed by atoms with Gasteiger partial charge in [-0.3, -0.25) is 0 Å².